The van der Waals surface area contributed by atoms with Crippen molar-refractivity contribution in [2.45, 2.75) is 45.2 Å². The number of anilines is 1. The molecule has 2 aliphatic rings. The van der Waals surface area contributed by atoms with Crippen LogP contribution in [0.2, 0.25) is 0 Å². The molecule has 1 amide bonds. The molecule has 2 aromatic rings. The number of piperazine rings is 1. The fraction of sp³-hybridized carbons (Fsp3) is 0.600. The summed E-state index contributed by atoms with van der Waals surface area (Å²) in [6, 6.07) is 7.40. The molecule has 0 aliphatic carbocycles. The van der Waals surface area contributed by atoms with Gasteiger partial charge in [0.05, 0.1) is 16.3 Å². The SMILES string of the molecule is CC(C)N1CCN(c2nc3ccc(C4CCCCN4C=O)cc3s2)CC1. The Kier molecular flexibility index (Phi) is 5.14. The highest BCUT2D eigenvalue weighted by Crippen LogP contribution is 2.35. The molecule has 0 N–H and O–H groups in total. The van der Waals surface area contributed by atoms with Gasteiger partial charge in [0.15, 0.2) is 5.13 Å². The van der Waals surface area contributed by atoms with E-state index in [9.17, 15) is 4.79 Å². The Morgan fingerprint density at radius 3 is 2.69 bits per heavy atom. The minimum absolute atomic E-state index is 0.228. The fourth-order valence-electron chi connectivity index (χ4n) is 4.14. The summed E-state index contributed by atoms with van der Waals surface area (Å²) in [5.41, 5.74) is 2.33. The first-order valence-electron chi connectivity index (χ1n) is 9.76. The van der Waals surface area contributed by atoms with Gasteiger partial charge in [-0.25, -0.2) is 4.98 Å². The first-order chi connectivity index (χ1) is 12.7. The Morgan fingerprint density at radius 1 is 1.15 bits per heavy atom. The molecule has 3 heterocycles. The smallest absolute Gasteiger partial charge is 0.210 e. The van der Waals surface area contributed by atoms with Crippen molar-refractivity contribution in [1.82, 2.24) is 14.8 Å². The van der Waals surface area contributed by atoms with E-state index in [0.717, 1.165) is 62.6 Å². The molecular weight excluding hydrogens is 344 g/mol. The van der Waals surface area contributed by atoms with Gasteiger partial charge in [-0.05, 0) is 50.8 Å². The van der Waals surface area contributed by atoms with E-state index in [0.29, 0.717) is 6.04 Å². The van der Waals surface area contributed by atoms with Gasteiger partial charge in [-0.15, -0.1) is 0 Å². The van der Waals surface area contributed by atoms with Crippen molar-refractivity contribution in [1.29, 1.82) is 0 Å². The van der Waals surface area contributed by atoms with Gasteiger partial charge in [0.25, 0.3) is 0 Å². The monoisotopic (exact) mass is 372 g/mol. The average Bonchev–Trinajstić information content (AvgIpc) is 3.11. The highest BCUT2D eigenvalue weighted by atomic mass is 32.1. The molecule has 1 aromatic heterocycles. The first kappa shape index (κ1) is 17.7. The predicted octanol–water partition coefficient (Wildman–Crippen LogP) is 3.51. The quantitative estimate of drug-likeness (QED) is 0.770. The van der Waals surface area contributed by atoms with Gasteiger partial charge in [0, 0.05) is 38.8 Å². The lowest BCUT2D eigenvalue weighted by Crippen LogP contribution is -2.48. The molecule has 5 nitrogen and oxygen atoms in total. The minimum Gasteiger partial charge on any atom is -0.345 e. The summed E-state index contributed by atoms with van der Waals surface area (Å²) in [6.45, 7) is 9.72. The number of piperidine rings is 1. The largest absolute Gasteiger partial charge is 0.345 e. The van der Waals surface area contributed by atoms with E-state index in [-0.39, 0.29) is 6.04 Å². The molecule has 2 fully saturated rings. The van der Waals surface area contributed by atoms with E-state index in [2.05, 4.69) is 41.8 Å². The van der Waals surface area contributed by atoms with E-state index in [1.165, 1.54) is 16.7 Å². The van der Waals surface area contributed by atoms with Crippen molar-refractivity contribution in [2.75, 3.05) is 37.6 Å². The molecular formula is C20H28N4OS. The van der Waals surface area contributed by atoms with E-state index >= 15 is 0 Å². The number of hydrogen-bond acceptors (Lipinski definition) is 5. The summed E-state index contributed by atoms with van der Waals surface area (Å²) in [5, 5.41) is 1.14. The zero-order valence-electron chi connectivity index (χ0n) is 15.7. The van der Waals surface area contributed by atoms with Crippen molar-refractivity contribution in [2.24, 2.45) is 0 Å². The Morgan fingerprint density at radius 2 is 1.96 bits per heavy atom. The second-order valence-electron chi connectivity index (χ2n) is 7.70. The molecule has 0 radical (unpaired) electrons. The Hall–Kier alpha value is -1.66. The molecule has 26 heavy (non-hydrogen) atoms. The van der Waals surface area contributed by atoms with Crippen LogP contribution < -0.4 is 4.90 Å². The number of nitrogens with zero attached hydrogens (tertiary/aromatic N) is 4. The summed E-state index contributed by atoms with van der Waals surface area (Å²) in [5.74, 6) is 0. The zero-order valence-corrected chi connectivity index (χ0v) is 16.5. The molecule has 0 saturated carbocycles. The van der Waals surface area contributed by atoms with Gasteiger partial charge >= 0.3 is 0 Å². The van der Waals surface area contributed by atoms with Crippen LogP contribution in [-0.2, 0) is 4.79 Å². The highest BCUT2D eigenvalue weighted by Gasteiger charge is 2.24. The second kappa shape index (κ2) is 7.53. The Labute approximate surface area is 159 Å². The van der Waals surface area contributed by atoms with E-state index in [1.807, 2.05) is 4.90 Å². The molecule has 1 atom stereocenters. The van der Waals surface area contributed by atoms with E-state index < -0.39 is 0 Å². The molecule has 4 rings (SSSR count). The third-order valence-electron chi connectivity index (χ3n) is 5.78. The summed E-state index contributed by atoms with van der Waals surface area (Å²) in [6.07, 6.45) is 4.39. The van der Waals surface area contributed by atoms with Crippen LogP contribution >= 0.6 is 11.3 Å². The van der Waals surface area contributed by atoms with Crippen LogP contribution in [0.5, 0.6) is 0 Å². The van der Waals surface area contributed by atoms with E-state index in [1.54, 1.807) is 11.3 Å². The number of benzene rings is 1. The number of rotatable bonds is 4. The lowest BCUT2D eigenvalue weighted by Gasteiger charge is -2.36. The molecule has 2 aliphatic heterocycles. The van der Waals surface area contributed by atoms with Crippen molar-refractivity contribution in [3.8, 4) is 0 Å². The van der Waals surface area contributed by atoms with Gasteiger partial charge in [-0.2, -0.15) is 0 Å². The van der Waals surface area contributed by atoms with Gasteiger partial charge in [-0.3, -0.25) is 9.69 Å². The van der Waals surface area contributed by atoms with Crippen molar-refractivity contribution >= 4 is 33.1 Å². The van der Waals surface area contributed by atoms with Gasteiger partial charge in [0.2, 0.25) is 6.41 Å². The maximum absolute atomic E-state index is 11.4. The lowest BCUT2D eigenvalue weighted by molar-refractivity contribution is -0.121. The normalized spacial score (nSPS) is 22.3. The first-order valence-corrected chi connectivity index (χ1v) is 10.6. The Bertz CT molecular complexity index is 766. The summed E-state index contributed by atoms with van der Waals surface area (Å²) in [4.78, 5) is 23.2. The van der Waals surface area contributed by atoms with Crippen LogP contribution in [0, 0.1) is 0 Å². The maximum atomic E-state index is 11.4. The van der Waals surface area contributed by atoms with Crippen molar-refractivity contribution in [3.05, 3.63) is 23.8 Å². The predicted molar refractivity (Wildman–Crippen MR) is 108 cm³/mol. The summed E-state index contributed by atoms with van der Waals surface area (Å²) >= 11 is 1.79. The molecule has 0 spiro atoms. The minimum atomic E-state index is 0.228. The van der Waals surface area contributed by atoms with Crippen LogP contribution in [0.1, 0.15) is 44.7 Å². The number of fused-ring (bicyclic) bond motifs is 1. The molecule has 1 aromatic carbocycles. The topological polar surface area (TPSA) is 39.7 Å². The molecule has 1 unspecified atom stereocenters. The van der Waals surface area contributed by atoms with Crippen molar-refractivity contribution < 1.29 is 4.79 Å². The van der Waals surface area contributed by atoms with E-state index in [4.69, 9.17) is 4.98 Å². The summed E-state index contributed by atoms with van der Waals surface area (Å²) in [7, 11) is 0. The number of aromatic nitrogens is 1. The standard InChI is InChI=1S/C20H28N4OS/c1-15(2)22-9-11-23(12-10-22)20-21-17-7-6-16(13-19(17)26-20)18-5-3-4-8-24(18)14-25/h6-7,13-15,18H,3-5,8-12H2,1-2H3. The zero-order chi connectivity index (χ0) is 18.1. The van der Waals surface area contributed by atoms with Crippen LogP contribution in [0.15, 0.2) is 18.2 Å². The highest BCUT2D eigenvalue weighted by molar-refractivity contribution is 7.22. The van der Waals surface area contributed by atoms with Gasteiger partial charge in [-0.1, -0.05) is 17.4 Å². The number of carbonyl (C=O) groups excluding carboxylic acids is 1. The van der Waals surface area contributed by atoms with Crippen molar-refractivity contribution in [3.63, 3.8) is 0 Å². The van der Waals surface area contributed by atoms with Gasteiger partial charge < -0.3 is 9.80 Å². The average molecular weight is 373 g/mol. The maximum Gasteiger partial charge on any atom is 0.210 e. The number of hydrogen-bond donors (Lipinski definition) is 0. The van der Waals surface area contributed by atoms with Gasteiger partial charge in [0.1, 0.15) is 0 Å². The number of carbonyl (C=O) groups is 1. The third-order valence-corrected chi connectivity index (χ3v) is 6.86. The number of amides is 1. The summed E-state index contributed by atoms with van der Waals surface area (Å²) < 4.78 is 1.24. The van der Waals surface area contributed by atoms with Crippen LogP contribution in [0.25, 0.3) is 10.2 Å². The molecule has 0 bridgehead atoms. The van der Waals surface area contributed by atoms with Crippen LogP contribution in [0.4, 0.5) is 5.13 Å². The third kappa shape index (κ3) is 3.45. The van der Waals surface area contributed by atoms with Crippen LogP contribution in [0.3, 0.4) is 0 Å². The van der Waals surface area contributed by atoms with Crippen LogP contribution in [-0.4, -0.2) is 60.0 Å². The second-order valence-corrected chi connectivity index (χ2v) is 8.70. The number of thiazole rings is 1. The Balaban J connectivity index is 1.54. The molecule has 6 heteroatoms. The molecule has 2 saturated heterocycles. The molecule has 140 valence electrons. The fourth-order valence-corrected chi connectivity index (χ4v) is 5.20. The number of likely N-dealkylation sites (tertiary alicyclic amines) is 1. The lowest BCUT2D eigenvalue weighted by atomic mass is 9.96.